The monoisotopic (exact) mass is 326 g/mol. The van der Waals surface area contributed by atoms with Crippen molar-refractivity contribution in [2.45, 2.75) is 18.7 Å². The second-order valence-corrected chi connectivity index (χ2v) is 6.30. The molecule has 4 nitrogen and oxygen atoms in total. The zero-order valence-electron chi connectivity index (χ0n) is 13.3. The number of anilines is 1. The smallest absolute Gasteiger partial charge is 0.253 e. The maximum atomic E-state index is 13.9. The SMILES string of the molecule is O=C1COC2CN(Cc3ccccc3F)CC2N1c1ccccc1. The van der Waals surface area contributed by atoms with E-state index >= 15 is 0 Å². The molecule has 0 bridgehead atoms. The molecule has 0 radical (unpaired) electrons. The van der Waals surface area contributed by atoms with Gasteiger partial charge in [-0.05, 0) is 18.2 Å². The summed E-state index contributed by atoms with van der Waals surface area (Å²) in [6.07, 6.45) is -0.0327. The van der Waals surface area contributed by atoms with Crippen LogP contribution < -0.4 is 4.90 Å². The number of morpholine rings is 1. The van der Waals surface area contributed by atoms with Crippen LogP contribution in [-0.2, 0) is 16.1 Å². The van der Waals surface area contributed by atoms with Crippen LogP contribution in [0.1, 0.15) is 5.56 Å². The topological polar surface area (TPSA) is 32.8 Å². The molecule has 24 heavy (non-hydrogen) atoms. The number of fused-ring (bicyclic) bond motifs is 1. The Morgan fingerprint density at radius 3 is 2.58 bits per heavy atom. The highest BCUT2D eigenvalue weighted by Crippen LogP contribution is 2.29. The highest BCUT2D eigenvalue weighted by atomic mass is 19.1. The maximum Gasteiger partial charge on any atom is 0.253 e. The van der Waals surface area contributed by atoms with Crippen molar-refractivity contribution >= 4 is 11.6 Å². The van der Waals surface area contributed by atoms with Crippen LogP contribution in [0.5, 0.6) is 0 Å². The summed E-state index contributed by atoms with van der Waals surface area (Å²) >= 11 is 0. The molecule has 2 heterocycles. The lowest BCUT2D eigenvalue weighted by atomic mass is 10.1. The van der Waals surface area contributed by atoms with Gasteiger partial charge >= 0.3 is 0 Å². The number of benzene rings is 2. The lowest BCUT2D eigenvalue weighted by Crippen LogP contribution is -2.54. The maximum absolute atomic E-state index is 13.9. The minimum Gasteiger partial charge on any atom is -0.365 e. The molecular weight excluding hydrogens is 307 g/mol. The van der Waals surface area contributed by atoms with Gasteiger partial charge in [0.15, 0.2) is 0 Å². The summed E-state index contributed by atoms with van der Waals surface area (Å²) in [7, 11) is 0. The van der Waals surface area contributed by atoms with Crippen molar-refractivity contribution in [1.82, 2.24) is 4.90 Å². The molecule has 5 heteroatoms. The van der Waals surface area contributed by atoms with Gasteiger partial charge in [-0.3, -0.25) is 9.69 Å². The third-order valence-electron chi connectivity index (χ3n) is 4.72. The number of para-hydroxylation sites is 1. The first kappa shape index (κ1) is 15.3. The molecule has 2 unspecified atom stereocenters. The number of hydrogen-bond donors (Lipinski definition) is 0. The summed E-state index contributed by atoms with van der Waals surface area (Å²) in [5, 5.41) is 0. The van der Waals surface area contributed by atoms with Crippen LogP contribution in [-0.4, -0.2) is 42.6 Å². The quantitative estimate of drug-likeness (QED) is 0.868. The van der Waals surface area contributed by atoms with E-state index in [1.165, 1.54) is 6.07 Å². The molecule has 0 aliphatic carbocycles. The average molecular weight is 326 g/mol. The standard InChI is InChI=1S/C19H19FN2O2/c20-16-9-5-4-6-14(16)10-21-11-17-18(12-21)24-13-19(23)22(17)15-7-2-1-3-8-15/h1-9,17-18H,10-13H2. The molecule has 0 spiro atoms. The molecule has 4 rings (SSSR count). The molecule has 0 aromatic heterocycles. The first-order chi connectivity index (χ1) is 11.7. The van der Waals surface area contributed by atoms with Crippen LogP contribution in [0.15, 0.2) is 54.6 Å². The Morgan fingerprint density at radius 1 is 1.04 bits per heavy atom. The number of nitrogens with zero attached hydrogens (tertiary/aromatic N) is 2. The van der Waals surface area contributed by atoms with Crippen molar-refractivity contribution in [3.05, 3.63) is 66.0 Å². The largest absolute Gasteiger partial charge is 0.365 e. The first-order valence-electron chi connectivity index (χ1n) is 8.17. The molecule has 2 aliphatic heterocycles. The Kier molecular flexibility index (Phi) is 4.04. The van der Waals surface area contributed by atoms with Crippen LogP contribution in [0.4, 0.5) is 10.1 Å². The van der Waals surface area contributed by atoms with Crippen LogP contribution in [0.2, 0.25) is 0 Å². The van der Waals surface area contributed by atoms with Gasteiger partial charge in [0.2, 0.25) is 0 Å². The predicted octanol–water partition coefficient (Wildman–Crippen LogP) is 2.44. The second-order valence-electron chi connectivity index (χ2n) is 6.30. The minimum atomic E-state index is -0.190. The molecule has 2 fully saturated rings. The lowest BCUT2D eigenvalue weighted by Gasteiger charge is -2.36. The van der Waals surface area contributed by atoms with Gasteiger partial charge < -0.3 is 9.64 Å². The van der Waals surface area contributed by atoms with E-state index in [0.29, 0.717) is 25.2 Å². The number of halogens is 1. The fourth-order valence-electron chi connectivity index (χ4n) is 3.60. The highest BCUT2D eigenvalue weighted by Gasteiger charge is 2.43. The third-order valence-corrected chi connectivity index (χ3v) is 4.72. The van der Waals surface area contributed by atoms with E-state index in [1.807, 2.05) is 41.3 Å². The van der Waals surface area contributed by atoms with Crippen LogP contribution in [0, 0.1) is 5.82 Å². The number of carbonyl (C=O) groups excluding carboxylic acids is 1. The molecule has 0 N–H and O–H groups in total. The minimum absolute atomic E-state index is 0.0183. The number of amides is 1. The van der Waals surface area contributed by atoms with E-state index in [-0.39, 0.29) is 30.5 Å². The molecule has 0 saturated carbocycles. The van der Waals surface area contributed by atoms with E-state index < -0.39 is 0 Å². The van der Waals surface area contributed by atoms with Crippen molar-refractivity contribution in [2.24, 2.45) is 0 Å². The van der Waals surface area contributed by atoms with E-state index in [4.69, 9.17) is 4.74 Å². The van der Waals surface area contributed by atoms with Gasteiger partial charge in [-0.25, -0.2) is 4.39 Å². The van der Waals surface area contributed by atoms with Gasteiger partial charge in [0.05, 0.1) is 12.1 Å². The lowest BCUT2D eigenvalue weighted by molar-refractivity contribution is -0.130. The number of carbonyl (C=O) groups is 1. The number of hydrogen-bond acceptors (Lipinski definition) is 3. The van der Waals surface area contributed by atoms with Crippen molar-refractivity contribution in [3.8, 4) is 0 Å². The van der Waals surface area contributed by atoms with Crippen LogP contribution in [0.3, 0.4) is 0 Å². The van der Waals surface area contributed by atoms with Gasteiger partial charge in [-0.15, -0.1) is 0 Å². The molecule has 2 aromatic rings. The Morgan fingerprint density at radius 2 is 1.79 bits per heavy atom. The van der Waals surface area contributed by atoms with Crippen molar-refractivity contribution in [2.75, 3.05) is 24.6 Å². The summed E-state index contributed by atoms with van der Waals surface area (Å²) in [5.41, 5.74) is 1.57. The van der Waals surface area contributed by atoms with E-state index in [1.54, 1.807) is 12.1 Å². The number of likely N-dealkylation sites (tertiary alicyclic amines) is 1. The van der Waals surface area contributed by atoms with Crippen molar-refractivity contribution < 1.29 is 13.9 Å². The van der Waals surface area contributed by atoms with Gasteiger partial charge in [-0.1, -0.05) is 36.4 Å². The summed E-state index contributed by atoms with van der Waals surface area (Å²) in [5.74, 6) is -0.209. The Bertz CT molecular complexity index is 737. The molecule has 2 aliphatic rings. The van der Waals surface area contributed by atoms with E-state index in [2.05, 4.69) is 4.90 Å². The Labute approximate surface area is 140 Å². The van der Waals surface area contributed by atoms with Gasteiger partial charge in [0.25, 0.3) is 5.91 Å². The van der Waals surface area contributed by atoms with Crippen molar-refractivity contribution in [1.29, 1.82) is 0 Å². The molecular formula is C19H19FN2O2. The zero-order chi connectivity index (χ0) is 16.5. The Hall–Kier alpha value is -2.24. The summed E-state index contributed by atoms with van der Waals surface area (Å²) in [4.78, 5) is 16.4. The van der Waals surface area contributed by atoms with Gasteiger partial charge in [-0.2, -0.15) is 0 Å². The number of ether oxygens (including phenoxy) is 1. The van der Waals surface area contributed by atoms with Gasteiger partial charge in [0.1, 0.15) is 12.4 Å². The Balaban J connectivity index is 1.54. The van der Waals surface area contributed by atoms with Crippen LogP contribution >= 0.6 is 0 Å². The first-order valence-corrected chi connectivity index (χ1v) is 8.17. The highest BCUT2D eigenvalue weighted by molar-refractivity contribution is 5.95. The average Bonchev–Trinajstić information content (AvgIpc) is 3.00. The summed E-state index contributed by atoms with van der Waals surface area (Å²) in [6.45, 7) is 2.01. The fraction of sp³-hybridized carbons (Fsp3) is 0.316. The van der Waals surface area contributed by atoms with Crippen molar-refractivity contribution in [3.63, 3.8) is 0 Å². The van der Waals surface area contributed by atoms with E-state index in [9.17, 15) is 9.18 Å². The van der Waals surface area contributed by atoms with Gasteiger partial charge in [0, 0.05) is 30.9 Å². The molecule has 2 aromatic carbocycles. The predicted molar refractivity (Wildman–Crippen MR) is 89.1 cm³/mol. The zero-order valence-corrected chi connectivity index (χ0v) is 13.3. The number of rotatable bonds is 3. The fourth-order valence-corrected chi connectivity index (χ4v) is 3.60. The molecule has 124 valence electrons. The molecule has 2 saturated heterocycles. The van der Waals surface area contributed by atoms with E-state index in [0.717, 1.165) is 5.69 Å². The third kappa shape index (κ3) is 2.81. The molecule has 2 atom stereocenters. The van der Waals surface area contributed by atoms with Crippen LogP contribution in [0.25, 0.3) is 0 Å². The second kappa shape index (κ2) is 6.34. The normalized spacial score (nSPS) is 24.2. The summed E-state index contributed by atoms with van der Waals surface area (Å²) in [6, 6.07) is 16.5. The molecule has 1 amide bonds. The summed E-state index contributed by atoms with van der Waals surface area (Å²) < 4.78 is 19.6.